The van der Waals surface area contributed by atoms with Crippen molar-refractivity contribution in [1.82, 2.24) is 4.90 Å². The Morgan fingerprint density at radius 1 is 0.972 bits per heavy atom. The van der Waals surface area contributed by atoms with E-state index in [-0.39, 0.29) is 17.3 Å². The largest absolute Gasteiger partial charge is 0.368 e. The van der Waals surface area contributed by atoms with Crippen LogP contribution in [-0.2, 0) is 10.0 Å². The molecule has 190 valence electrons. The number of halogens is 1. The van der Waals surface area contributed by atoms with Gasteiger partial charge in [0.2, 0.25) is 0 Å². The maximum atomic E-state index is 13.3. The van der Waals surface area contributed by atoms with Crippen molar-refractivity contribution >= 4 is 50.7 Å². The van der Waals surface area contributed by atoms with Gasteiger partial charge >= 0.3 is 0 Å². The lowest BCUT2D eigenvalue weighted by Gasteiger charge is -2.37. The second-order valence-electron chi connectivity index (χ2n) is 8.60. The fourth-order valence-corrected chi connectivity index (χ4v) is 6.44. The van der Waals surface area contributed by atoms with Crippen LogP contribution in [-0.4, -0.2) is 58.2 Å². The van der Waals surface area contributed by atoms with E-state index in [0.717, 1.165) is 29.2 Å². The molecule has 3 aromatic carbocycles. The van der Waals surface area contributed by atoms with Crippen LogP contribution in [0.25, 0.3) is 0 Å². The van der Waals surface area contributed by atoms with E-state index >= 15 is 0 Å². The summed E-state index contributed by atoms with van der Waals surface area (Å²) in [5, 5.41) is 0.703. The molecular formula is C27H30ClN3O3S2. The van der Waals surface area contributed by atoms with Crippen molar-refractivity contribution in [1.29, 1.82) is 0 Å². The highest BCUT2D eigenvalue weighted by atomic mass is 35.5. The smallest absolute Gasteiger partial charge is 0.264 e. The normalized spacial score (nSPS) is 14.1. The van der Waals surface area contributed by atoms with Gasteiger partial charge in [-0.25, -0.2) is 8.42 Å². The third-order valence-corrected chi connectivity index (χ3v) is 9.31. The Balaban J connectivity index is 1.45. The van der Waals surface area contributed by atoms with Gasteiger partial charge in [-0.1, -0.05) is 17.7 Å². The second kappa shape index (κ2) is 11.2. The molecule has 0 bridgehead atoms. The number of aryl methyl sites for hydroxylation is 1. The summed E-state index contributed by atoms with van der Waals surface area (Å²) in [7, 11) is -3.71. The Morgan fingerprint density at radius 2 is 1.61 bits per heavy atom. The molecule has 1 aliphatic rings. The predicted octanol–water partition coefficient (Wildman–Crippen LogP) is 5.55. The van der Waals surface area contributed by atoms with Gasteiger partial charge in [0.25, 0.3) is 15.9 Å². The summed E-state index contributed by atoms with van der Waals surface area (Å²) in [5.41, 5.74) is 3.33. The van der Waals surface area contributed by atoms with Crippen LogP contribution >= 0.6 is 23.4 Å². The maximum absolute atomic E-state index is 13.3. The van der Waals surface area contributed by atoms with Gasteiger partial charge in [-0.2, -0.15) is 0 Å². The maximum Gasteiger partial charge on any atom is 0.264 e. The van der Waals surface area contributed by atoms with Crippen molar-refractivity contribution in [2.75, 3.05) is 48.2 Å². The molecule has 1 aliphatic heterocycles. The molecule has 0 aliphatic carbocycles. The van der Waals surface area contributed by atoms with E-state index in [4.69, 9.17) is 11.6 Å². The van der Waals surface area contributed by atoms with Crippen LogP contribution in [0.5, 0.6) is 0 Å². The third kappa shape index (κ3) is 5.51. The van der Waals surface area contributed by atoms with Crippen molar-refractivity contribution in [2.24, 2.45) is 0 Å². The molecule has 0 aromatic heterocycles. The molecule has 0 radical (unpaired) electrons. The lowest BCUT2D eigenvalue weighted by molar-refractivity contribution is 0.0747. The number of thioether (sulfide) groups is 1. The molecule has 0 N–H and O–H groups in total. The molecule has 6 nitrogen and oxygen atoms in total. The Hall–Kier alpha value is -2.68. The molecule has 0 atom stereocenters. The van der Waals surface area contributed by atoms with E-state index in [1.54, 1.807) is 67.2 Å². The fraction of sp³-hybridized carbons (Fsp3) is 0.296. The molecule has 1 saturated heterocycles. The van der Waals surface area contributed by atoms with E-state index in [1.807, 2.05) is 29.4 Å². The van der Waals surface area contributed by atoms with Gasteiger partial charge < -0.3 is 9.80 Å². The van der Waals surface area contributed by atoms with E-state index in [9.17, 15) is 13.2 Å². The molecule has 0 spiro atoms. The summed E-state index contributed by atoms with van der Waals surface area (Å²) in [6, 6.07) is 19.6. The minimum atomic E-state index is -3.71. The monoisotopic (exact) mass is 543 g/mol. The van der Waals surface area contributed by atoms with Crippen LogP contribution < -0.4 is 9.21 Å². The number of benzene rings is 3. The Labute approximate surface area is 222 Å². The molecule has 36 heavy (non-hydrogen) atoms. The number of hydrogen-bond acceptors (Lipinski definition) is 5. The predicted molar refractivity (Wildman–Crippen MR) is 149 cm³/mol. The van der Waals surface area contributed by atoms with Crippen LogP contribution in [0.4, 0.5) is 11.4 Å². The van der Waals surface area contributed by atoms with Crippen LogP contribution in [0, 0.1) is 6.92 Å². The standard InChI is InChI=1S/C27H30ClN3O3S2/c1-4-31(36(33,34)25-13-11-24(35-3)12-14-25)23-9-6-21(7-10-23)27(32)30-17-15-29(16-18-30)26-19-22(28)8-5-20(26)2/h5-14,19H,4,15-18H2,1-3H3. The molecule has 3 aromatic rings. The SMILES string of the molecule is CCN(c1ccc(C(=O)N2CCN(c3cc(Cl)ccc3C)CC2)cc1)S(=O)(=O)c1ccc(SC)cc1. The molecule has 1 amide bonds. The fourth-order valence-electron chi connectivity index (χ4n) is 4.39. The number of nitrogens with zero attached hydrogens (tertiary/aromatic N) is 3. The van der Waals surface area contributed by atoms with E-state index < -0.39 is 10.0 Å². The number of amides is 1. The zero-order valence-electron chi connectivity index (χ0n) is 20.6. The van der Waals surface area contributed by atoms with Gasteiger partial charge in [0.1, 0.15) is 0 Å². The summed E-state index contributed by atoms with van der Waals surface area (Å²) < 4.78 is 27.9. The molecule has 0 saturated carbocycles. The zero-order valence-corrected chi connectivity index (χ0v) is 23.0. The number of carbonyl (C=O) groups is 1. The van der Waals surface area contributed by atoms with E-state index in [1.165, 1.54) is 4.31 Å². The van der Waals surface area contributed by atoms with Gasteiger partial charge in [0, 0.05) is 53.9 Å². The molecule has 4 rings (SSSR count). The first kappa shape index (κ1) is 26.4. The number of carbonyl (C=O) groups excluding carboxylic acids is 1. The summed E-state index contributed by atoms with van der Waals surface area (Å²) in [4.78, 5) is 18.5. The van der Waals surface area contributed by atoms with Crippen LogP contribution in [0.2, 0.25) is 5.02 Å². The minimum absolute atomic E-state index is 0.0532. The quantitative estimate of drug-likeness (QED) is 0.366. The third-order valence-electron chi connectivity index (χ3n) is 6.42. The Kier molecular flexibility index (Phi) is 8.17. The molecule has 0 unspecified atom stereocenters. The number of hydrogen-bond donors (Lipinski definition) is 0. The first-order chi connectivity index (χ1) is 17.2. The highest BCUT2D eigenvalue weighted by molar-refractivity contribution is 7.98. The first-order valence-corrected chi connectivity index (χ1v) is 14.9. The van der Waals surface area contributed by atoms with Crippen molar-refractivity contribution < 1.29 is 13.2 Å². The highest BCUT2D eigenvalue weighted by Gasteiger charge is 2.26. The van der Waals surface area contributed by atoms with E-state index in [0.29, 0.717) is 29.4 Å². The number of piperazine rings is 1. The average Bonchev–Trinajstić information content (AvgIpc) is 2.90. The molecule has 1 fully saturated rings. The summed E-state index contributed by atoms with van der Waals surface area (Å²) in [6.07, 6.45) is 1.95. The van der Waals surface area contributed by atoms with Gasteiger partial charge in [-0.15, -0.1) is 11.8 Å². The number of sulfonamides is 1. The number of anilines is 2. The van der Waals surface area contributed by atoms with E-state index in [2.05, 4.69) is 11.8 Å². The van der Waals surface area contributed by atoms with Crippen molar-refractivity contribution in [2.45, 2.75) is 23.6 Å². The lowest BCUT2D eigenvalue weighted by Crippen LogP contribution is -2.49. The molecule has 9 heteroatoms. The zero-order chi connectivity index (χ0) is 25.9. The van der Waals surface area contributed by atoms with Crippen LogP contribution in [0.15, 0.2) is 76.5 Å². The second-order valence-corrected chi connectivity index (χ2v) is 11.8. The van der Waals surface area contributed by atoms with Gasteiger partial charge in [-0.3, -0.25) is 9.10 Å². The Bertz CT molecular complexity index is 1320. The van der Waals surface area contributed by atoms with Gasteiger partial charge in [0.15, 0.2) is 0 Å². The van der Waals surface area contributed by atoms with Gasteiger partial charge in [-0.05, 0) is 86.3 Å². The van der Waals surface area contributed by atoms with Crippen molar-refractivity contribution in [3.8, 4) is 0 Å². The van der Waals surface area contributed by atoms with Crippen molar-refractivity contribution in [3.05, 3.63) is 82.9 Å². The minimum Gasteiger partial charge on any atom is -0.368 e. The number of rotatable bonds is 7. The van der Waals surface area contributed by atoms with Crippen molar-refractivity contribution in [3.63, 3.8) is 0 Å². The van der Waals surface area contributed by atoms with Crippen LogP contribution in [0.1, 0.15) is 22.8 Å². The summed E-state index contributed by atoms with van der Waals surface area (Å²) in [6.45, 7) is 6.80. The highest BCUT2D eigenvalue weighted by Crippen LogP contribution is 2.27. The molecule has 1 heterocycles. The summed E-state index contributed by atoms with van der Waals surface area (Å²) >= 11 is 7.74. The van der Waals surface area contributed by atoms with Gasteiger partial charge in [0.05, 0.1) is 10.6 Å². The summed E-state index contributed by atoms with van der Waals surface area (Å²) in [5.74, 6) is -0.0532. The average molecular weight is 544 g/mol. The Morgan fingerprint density at radius 3 is 2.19 bits per heavy atom. The topological polar surface area (TPSA) is 60.9 Å². The molecular weight excluding hydrogens is 514 g/mol. The first-order valence-electron chi connectivity index (χ1n) is 11.8. The lowest BCUT2D eigenvalue weighted by atomic mass is 10.1. The van der Waals surface area contributed by atoms with Crippen LogP contribution in [0.3, 0.4) is 0 Å².